The van der Waals surface area contributed by atoms with Crippen molar-refractivity contribution in [2.75, 3.05) is 11.9 Å². The fourth-order valence-corrected chi connectivity index (χ4v) is 3.96. The molecule has 30 heavy (non-hydrogen) atoms. The van der Waals surface area contributed by atoms with Crippen molar-refractivity contribution in [1.29, 1.82) is 0 Å². The zero-order valence-electron chi connectivity index (χ0n) is 17.2. The van der Waals surface area contributed by atoms with Gasteiger partial charge >= 0.3 is 5.97 Å². The number of ketones is 1. The smallest absolute Gasteiger partial charge is 0.336 e. The van der Waals surface area contributed by atoms with Crippen molar-refractivity contribution < 1.29 is 14.3 Å². The monoisotopic (exact) mass is 401 g/mol. The molecule has 0 spiro atoms. The van der Waals surface area contributed by atoms with Crippen LogP contribution in [0.15, 0.2) is 66.0 Å². The second kappa shape index (κ2) is 7.99. The first-order valence-corrected chi connectivity index (χ1v) is 9.89. The average molecular weight is 401 g/mol. The molecule has 0 amide bonds. The van der Waals surface area contributed by atoms with Gasteiger partial charge < -0.3 is 10.1 Å². The molecular weight excluding hydrogens is 378 g/mol. The maximum Gasteiger partial charge on any atom is 0.336 e. The fraction of sp³-hybridized carbons (Fsp3) is 0.208. The van der Waals surface area contributed by atoms with Gasteiger partial charge in [-0.05, 0) is 43.5 Å². The highest BCUT2D eigenvalue weighted by Crippen LogP contribution is 2.44. The first-order chi connectivity index (χ1) is 14.5. The van der Waals surface area contributed by atoms with Gasteiger partial charge in [-0.25, -0.2) is 4.79 Å². The van der Waals surface area contributed by atoms with Crippen LogP contribution in [-0.2, 0) is 9.53 Å². The third kappa shape index (κ3) is 3.41. The number of carbonyl (C=O) groups is 2. The number of carbonyl (C=O) groups excluding carboxylic acids is 2. The third-order valence-electron chi connectivity index (χ3n) is 5.33. The van der Waals surface area contributed by atoms with Gasteiger partial charge in [-0.3, -0.25) is 9.89 Å². The highest BCUT2D eigenvalue weighted by Gasteiger charge is 2.35. The highest BCUT2D eigenvalue weighted by atomic mass is 16.5. The van der Waals surface area contributed by atoms with E-state index in [1.165, 1.54) is 0 Å². The van der Waals surface area contributed by atoms with Gasteiger partial charge in [0.1, 0.15) is 5.82 Å². The molecule has 2 aromatic carbocycles. The molecule has 0 radical (unpaired) electrons. The quantitative estimate of drug-likeness (QED) is 0.479. The van der Waals surface area contributed by atoms with Crippen LogP contribution in [0.3, 0.4) is 0 Å². The molecule has 0 fully saturated rings. The Morgan fingerprint density at radius 1 is 1.10 bits per heavy atom. The predicted octanol–water partition coefficient (Wildman–Crippen LogP) is 4.67. The predicted molar refractivity (Wildman–Crippen MR) is 115 cm³/mol. The Morgan fingerprint density at radius 2 is 1.90 bits per heavy atom. The van der Waals surface area contributed by atoms with Crippen LogP contribution in [0, 0.1) is 0 Å². The van der Waals surface area contributed by atoms with Crippen LogP contribution in [0.5, 0.6) is 0 Å². The van der Waals surface area contributed by atoms with Crippen molar-refractivity contribution in [3.63, 3.8) is 0 Å². The van der Waals surface area contributed by atoms with Gasteiger partial charge in [-0.2, -0.15) is 5.10 Å². The number of anilines is 1. The number of hydrogen-bond donors (Lipinski definition) is 2. The molecule has 3 aromatic rings. The van der Waals surface area contributed by atoms with Gasteiger partial charge in [-0.1, -0.05) is 42.5 Å². The van der Waals surface area contributed by atoms with E-state index in [2.05, 4.69) is 15.5 Å². The number of benzene rings is 2. The summed E-state index contributed by atoms with van der Waals surface area (Å²) in [6.45, 7) is 5.51. The number of rotatable bonds is 5. The minimum absolute atomic E-state index is 0.0104. The number of esters is 1. The van der Waals surface area contributed by atoms with E-state index in [0.717, 1.165) is 33.8 Å². The summed E-state index contributed by atoms with van der Waals surface area (Å²) < 4.78 is 5.38. The molecule has 0 bridgehead atoms. The van der Waals surface area contributed by atoms with E-state index in [9.17, 15) is 9.59 Å². The summed E-state index contributed by atoms with van der Waals surface area (Å²) in [5.74, 6) is 0.0667. The molecular formula is C24H23N3O3. The van der Waals surface area contributed by atoms with Crippen LogP contribution in [0.25, 0.3) is 11.1 Å². The minimum atomic E-state index is -0.355. The number of H-pyrrole nitrogens is 1. The summed E-state index contributed by atoms with van der Waals surface area (Å²) in [7, 11) is 0. The van der Waals surface area contributed by atoms with Crippen LogP contribution in [0.2, 0.25) is 0 Å². The molecule has 0 saturated carbocycles. The molecule has 1 atom stereocenters. The number of Topliss-reactive ketones (excluding diaryl/α,β-unsaturated/α-hetero) is 1. The molecule has 1 aliphatic rings. The number of nitrogens with zero attached hydrogens (tertiary/aromatic N) is 1. The summed E-state index contributed by atoms with van der Waals surface area (Å²) in [6, 6.07) is 15.5. The van der Waals surface area contributed by atoms with E-state index in [1.807, 2.05) is 49.4 Å². The number of ether oxygens (including phenoxy) is 1. The topological polar surface area (TPSA) is 84.1 Å². The second-order valence-electron chi connectivity index (χ2n) is 7.24. The summed E-state index contributed by atoms with van der Waals surface area (Å²) in [5.41, 5.74) is 5.62. The Bertz CT molecular complexity index is 1160. The maximum absolute atomic E-state index is 12.9. The van der Waals surface area contributed by atoms with Gasteiger partial charge in [0.05, 0.1) is 18.4 Å². The Labute approximate surface area is 175 Å². The van der Waals surface area contributed by atoms with Crippen molar-refractivity contribution >= 4 is 17.6 Å². The number of fused-ring (bicyclic) bond motifs is 1. The molecule has 0 saturated heterocycles. The largest absolute Gasteiger partial charge is 0.463 e. The van der Waals surface area contributed by atoms with Gasteiger partial charge in [-0.15, -0.1) is 0 Å². The van der Waals surface area contributed by atoms with E-state index in [1.54, 1.807) is 26.1 Å². The Kier molecular flexibility index (Phi) is 5.23. The van der Waals surface area contributed by atoms with Crippen LogP contribution in [-0.4, -0.2) is 28.6 Å². The third-order valence-corrected chi connectivity index (χ3v) is 5.33. The lowest BCUT2D eigenvalue weighted by molar-refractivity contribution is -0.138. The highest BCUT2D eigenvalue weighted by molar-refractivity contribution is 5.97. The van der Waals surface area contributed by atoms with Crippen LogP contribution in [0.1, 0.15) is 48.2 Å². The summed E-state index contributed by atoms with van der Waals surface area (Å²) in [4.78, 5) is 24.8. The Balaban J connectivity index is 1.92. The average Bonchev–Trinajstić information content (AvgIpc) is 3.21. The maximum atomic E-state index is 12.9. The van der Waals surface area contributed by atoms with E-state index >= 15 is 0 Å². The van der Waals surface area contributed by atoms with Crippen molar-refractivity contribution in [3.8, 4) is 11.1 Å². The first-order valence-electron chi connectivity index (χ1n) is 9.89. The van der Waals surface area contributed by atoms with Gasteiger partial charge in [0.15, 0.2) is 5.78 Å². The van der Waals surface area contributed by atoms with E-state index in [0.29, 0.717) is 17.7 Å². The number of aromatic nitrogens is 2. The van der Waals surface area contributed by atoms with E-state index in [4.69, 9.17) is 4.74 Å². The van der Waals surface area contributed by atoms with Crippen LogP contribution < -0.4 is 5.32 Å². The lowest BCUT2D eigenvalue weighted by atomic mass is 9.79. The second-order valence-corrected chi connectivity index (χ2v) is 7.24. The van der Waals surface area contributed by atoms with Gasteiger partial charge in [0.2, 0.25) is 0 Å². The number of aromatic amines is 1. The fourth-order valence-electron chi connectivity index (χ4n) is 3.96. The molecule has 0 aliphatic carbocycles. The Hall–Kier alpha value is -3.67. The number of hydrogen-bond acceptors (Lipinski definition) is 5. The molecule has 1 aliphatic heterocycles. The number of allylic oxidation sites excluding steroid dienone is 1. The SMILES string of the molecule is CCOC(=O)C1=C(C)Nc2[nH]ncc2C1c1ccccc1-c1cccc(C(C)=O)c1. The van der Waals surface area contributed by atoms with Gasteiger partial charge in [0, 0.05) is 22.7 Å². The van der Waals surface area contributed by atoms with Crippen LogP contribution >= 0.6 is 0 Å². The summed E-state index contributed by atoms with van der Waals surface area (Å²) >= 11 is 0. The first kappa shape index (κ1) is 19.6. The van der Waals surface area contributed by atoms with Crippen molar-refractivity contribution in [2.45, 2.75) is 26.7 Å². The van der Waals surface area contributed by atoms with Crippen LogP contribution in [0.4, 0.5) is 5.82 Å². The van der Waals surface area contributed by atoms with Gasteiger partial charge in [0.25, 0.3) is 0 Å². The Morgan fingerprint density at radius 3 is 2.67 bits per heavy atom. The molecule has 1 aromatic heterocycles. The minimum Gasteiger partial charge on any atom is -0.463 e. The molecule has 2 heterocycles. The summed E-state index contributed by atoms with van der Waals surface area (Å²) in [6.07, 6.45) is 1.74. The molecule has 2 N–H and O–H groups in total. The van der Waals surface area contributed by atoms with E-state index < -0.39 is 0 Å². The standard InChI is InChI=1S/C24H23N3O3/c1-4-30-24(29)21-14(2)26-23-20(13-25-27-23)22(21)19-11-6-5-10-18(19)17-9-7-8-16(12-17)15(3)28/h5-13,22H,4H2,1-3H3,(H2,25,26,27). The number of nitrogens with one attached hydrogen (secondary N) is 2. The zero-order valence-corrected chi connectivity index (χ0v) is 17.2. The molecule has 4 rings (SSSR count). The van der Waals surface area contributed by atoms with Crippen molar-refractivity contribution in [1.82, 2.24) is 10.2 Å². The van der Waals surface area contributed by atoms with Crippen molar-refractivity contribution in [3.05, 3.63) is 82.7 Å². The molecule has 6 nitrogen and oxygen atoms in total. The van der Waals surface area contributed by atoms with E-state index in [-0.39, 0.29) is 17.7 Å². The normalized spacial score (nSPS) is 15.4. The molecule has 152 valence electrons. The lowest BCUT2D eigenvalue weighted by Crippen LogP contribution is -2.24. The van der Waals surface area contributed by atoms with Crippen molar-refractivity contribution in [2.24, 2.45) is 0 Å². The zero-order chi connectivity index (χ0) is 21.3. The molecule has 6 heteroatoms. The lowest BCUT2D eigenvalue weighted by Gasteiger charge is -2.28. The summed E-state index contributed by atoms with van der Waals surface area (Å²) in [5, 5.41) is 10.4. The molecule has 1 unspecified atom stereocenters.